The molecule has 0 radical (unpaired) electrons. The topological polar surface area (TPSA) is 122 Å². The van der Waals surface area contributed by atoms with Crippen LogP contribution >= 0.6 is 0 Å². The number of benzene rings is 2. The summed E-state index contributed by atoms with van der Waals surface area (Å²) in [6.45, 7) is 2.90. The predicted octanol–water partition coefficient (Wildman–Crippen LogP) is 4.06. The fraction of sp³-hybridized carbons (Fsp3) is 0.360. The van der Waals surface area contributed by atoms with E-state index in [1.54, 1.807) is 18.2 Å². The molecule has 1 spiro atoms. The summed E-state index contributed by atoms with van der Waals surface area (Å²) in [4.78, 5) is 14.3. The van der Waals surface area contributed by atoms with Crippen LogP contribution in [0.2, 0.25) is 0 Å². The minimum absolute atomic E-state index is 0. The van der Waals surface area contributed by atoms with Crippen molar-refractivity contribution in [2.24, 2.45) is 5.92 Å². The molecule has 1 aromatic heterocycles. The zero-order valence-electron chi connectivity index (χ0n) is 19.1. The van der Waals surface area contributed by atoms with E-state index in [1.807, 2.05) is 4.90 Å². The van der Waals surface area contributed by atoms with Crippen LogP contribution in [0.3, 0.4) is 0 Å². The molecule has 3 aliphatic rings. The number of carbonyl (C=O) groups is 1. The van der Waals surface area contributed by atoms with Crippen molar-refractivity contribution in [2.45, 2.75) is 42.9 Å². The van der Waals surface area contributed by atoms with Gasteiger partial charge in [-0.1, -0.05) is 30.3 Å². The molecule has 2 atom stereocenters. The Bertz CT molecular complexity index is 1290. The highest BCUT2D eigenvalue weighted by Gasteiger charge is 2.50. The van der Waals surface area contributed by atoms with Crippen LogP contribution in [0.5, 0.6) is 5.75 Å². The van der Waals surface area contributed by atoms with E-state index in [9.17, 15) is 13.6 Å². The van der Waals surface area contributed by atoms with Crippen LogP contribution in [0.4, 0.5) is 11.5 Å². The third kappa shape index (κ3) is 3.88. The zero-order chi connectivity index (χ0) is 24.0. The second kappa shape index (κ2) is 8.56. The van der Waals surface area contributed by atoms with E-state index in [1.165, 1.54) is 31.6 Å². The van der Waals surface area contributed by atoms with Gasteiger partial charge in [0.05, 0.1) is 12.0 Å². The monoisotopic (exact) mass is 482 g/mol. The van der Waals surface area contributed by atoms with Crippen molar-refractivity contribution in [2.75, 3.05) is 24.3 Å². The maximum Gasteiger partial charge on any atom is 0.227 e. The SMILES string of the molecule is COc1ccccc1S(=O)[O-].C[C@@H]1CC(=O)N(c2ccc3c(c2)-c2onc(N)c2CC32CC2)C1.[HH]. The van der Waals surface area contributed by atoms with Crippen LogP contribution in [-0.4, -0.2) is 33.5 Å². The van der Waals surface area contributed by atoms with Crippen molar-refractivity contribution >= 4 is 28.5 Å². The van der Waals surface area contributed by atoms with Crippen LogP contribution < -0.4 is 15.4 Å². The molecular formula is C25H28N3O5S-. The molecule has 2 aromatic carbocycles. The van der Waals surface area contributed by atoms with Crippen molar-refractivity contribution in [3.8, 4) is 17.1 Å². The lowest BCUT2D eigenvalue weighted by atomic mass is 9.79. The maximum absolute atomic E-state index is 12.2. The molecule has 180 valence electrons. The summed E-state index contributed by atoms with van der Waals surface area (Å²) in [5.41, 5.74) is 10.6. The Morgan fingerprint density at radius 2 is 2.06 bits per heavy atom. The van der Waals surface area contributed by atoms with Gasteiger partial charge in [0.25, 0.3) is 0 Å². The third-order valence-electron chi connectivity index (χ3n) is 6.89. The Balaban J connectivity index is 0.000000206. The predicted molar refractivity (Wildman–Crippen MR) is 129 cm³/mol. The van der Waals surface area contributed by atoms with Crippen molar-refractivity contribution < 1.29 is 24.2 Å². The molecule has 9 heteroatoms. The number of hydrogen-bond acceptors (Lipinski definition) is 7. The Hall–Kier alpha value is -3.17. The van der Waals surface area contributed by atoms with E-state index in [0.717, 1.165) is 35.5 Å². The second-order valence-corrected chi connectivity index (χ2v) is 10.2. The minimum Gasteiger partial charge on any atom is -0.768 e. The lowest BCUT2D eigenvalue weighted by Gasteiger charge is -2.26. The number of carbonyl (C=O) groups excluding carboxylic acids is 1. The number of aromatic nitrogens is 1. The Morgan fingerprint density at radius 1 is 1.29 bits per heavy atom. The molecule has 0 bridgehead atoms. The van der Waals surface area contributed by atoms with Crippen LogP contribution in [0.25, 0.3) is 11.3 Å². The standard InChI is InChI=1S/C18H19N3O2.C7H8O3S.H2/c1-10-6-15(22)21(9-10)11-2-3-14-12(7-11)16-13(17(19)20-23-16)8-18(14)4-5-18;1-10-6-4-2-3-5-7(6)11(8)9;/h2-3,7,10H,4-6,8-9H2,1H3,(H2,19,20);2-5H,1H3,(H,8,9);1H/p-1/t10-;;/m1../s1. The molecule has 2 heterocycles. The number of fused-ring (bicyclic) bond motifs is 4. The fourth-order valence-electron chi connectivity index (χ4n) is 4.98. The molecule has 2 aliphatic carbocycles. The molecule has 1 aliphatic heterocycles. The molecule has 2 fully saturated rings. The van der Waals surface area contributed by atoms with Gasteiger partial charge in [-0.3, -0.25) is 9.00 Å². The first-order valence-corrected chi connectivity index (χ1v) is 12.3. The van der Waals surface area contributed by atoms with E-state index >= 15 is 0 Å². The highest BCUT2D eigenvalue weighted by atomic mass is 32.2. The van der Waals surface area contributed by atoms with Crippen molar-refractivity contribution in [1.82, 2.24) is 5.16 Å². The van der Waals surface area contributed by atoms with Crippen LogP contribution in [0, 0.1) is 5.92 Å². The van der Waals surface area contributed by atoms with Gasteiger partial charge in [0.15, 0.2) is 11.6 Å². The number of amides is 1. The normalized spacial score (nSPS) is 20.3. The van der Waals surface area contributed by atoms with Crippen LogP contribution in [-0.2, 0) is 27.7 Å². The van der Waals surface area contributed by atoms with Gasteiger partial charge in [-0.15, -0.1) is 0 Å². The number of nitrogens with two attached hydrogens (primary N) is 1. The minimum atomic E-state index is -2.22. The summed E-state index contributed by atoms with van der Waals surface area (Å²) in [5, 5.41) is 3.97. The lowest BCUT2D eigenvalue weighted by Crippen LogP contribution is -2.25. The van der Waals surface area contributed by atoms with Gasteiger partial charge in [-0.25, -0.2) is 0 Å². The number of anilines is 2. The van der Waals surface area contributed by atoms with Crippen molar-refractivity contribution in [3.63, 3.8) is 0 Å². The summed E-state index contributed by atoms with van der Waals surface area (Å²) in [7, 11) is 1.44. The zero-order valence-corrected chi connectivity index (χ0v) is 19.9. The fourth-order valence-corrected chi connectivity index (χ4v) is 5.48. The van der Waals surface area contributed by atoms with Gasteiger partial charge < -0.3 is 24.4 Å². The molecule has 1 amide bonds. The Kier molecular flexibility index (Phi) is 5.69. The average molecular weight is 483 g/mol. The summed E-state index contributed by atoms with van der Waals surface area (Å²) >= 11 is -2.22. The molecule has 2 N–H and O–H groups in total. The number of nitrogens with zero attached hydrogens (tertiary/aromatic N) is 2. The van der Waals surface area contributed by atoms with Gasteiger partial charge in [0.1, 0.15) is 5.75 Å². The highest BCUT2D eigenvalue weighted by Crippen LogP contribution is 2.58. The second-order valence-electron chi connectivity index (χ2n) is 9.26. The third-order valence-corrected chi connectivity index (χ3v) is 7.58. The number of rotatable bonds is 3. The molecule has 3 aromatic rings. The van der Waals surface area contributed by atoms with Crippen molar-refractivity contribution in [3.05, 3.63) is 53.6 Å². The first-order valence-electron chi connectivity index (χ1n) is 11.2. The first-order chi connectivity index (χ1) is 16.3. The number of para-hydroxylation sites is 1. The number of methoxy groups -OCH3 is 1. The maximum atomic E-state index is 12.2. The summed E-state index contributed by atoms with van der Waals surface area (Å²) in [6.07, 6.45) is 3.91. The number of hydrogen-bond donors (Lipinski definition) is 1. The quantitative estimate of drug-likeness (QED) is 0.559. The lowest BCUT2D eigenvalue weighted by molar-refractivity contribution is -0.117. The van der Waals surface area contributed by atoms with E-state index in [2.05, 4.69) is 30.3 Å². The van der Waals surface area contributed by atoms with Gasteiger partial charge in [-0.2, -0.15) is 0 Å². The van der Waals surface area contributed by atoms with Gasteiger partial charge in [0.2, 0.25) is 5.91 Å². The van der Waals surface area contributed by atoms with Gasteiger partial charge in [-0.05, 0) is 66.1 Å². The molecule has 1 unspecified atom stereocenters. The Labute approximate surface area is 201 Å². The number of nitrogen functional groups attached to an aromatic ring is 1. The van der Waals surface area contributed by atoms with E-state index < -0.39 is 11.1 Å². The average Bonchev–Trinajstić information content (AvgIpc) is 3.39. The molecule has 34 heavy (non-hydrogen) atoms. The summed E-state index contributed by atoms with van der Waals surface area (Å²) < 4.78 is 31.3. The largest absolute Gasteiger partial charge is 0.768 e. The summed E-state index contributed by atoms with van der Waals surface area (Å²) in [6, 6.07) is 12.8. The van der Waals surface area contributed by atoms with Gasteiger partial charge in [0, 0.05) is 36.6 Å². The van der Waals surface area contributed by atoms with Gasteiger partial charge >= 0.3 is 0 Å². The van der Waals surface area contributed by atoms with E-state index in [-0.39, 0.29) is 17.6 Å². The first kappa shape index (κ1) is 22.6. The summed E-state index contributed by atoms with van der Waals surface area (Å²) in [5.74, 6) is 2.28. The van der Waals surface area contributed by atoms with Crippen molar-refractivity contribution in [1.29, 1.82) is 0 Å². The molecular weight excluding hydrogens is 454 g/mol. The molecule has 1 saturated heterocycles. The highest BCUT2D eigenvalue weighted by molar-refractivity contribution is 7.79. The van der Waals surface area contributed by atoms with Crippen LogP contribution in [0.1, 0.15) is 38.7 Å². The van der Waals surface area contributed by atoms with Crippen LogP contribution in [0.15, 0.2) is 51.9 Å². The smallest absolute Gasteiger partial charge is 0.227 e. The Morgan fingerprint density at radius 3 is 2.68 bits per heavy atom. The van der Waals surface area contributed by atoms with E-state index in [4.69, 9.17) is 15.0 Å². The van der Waals surface area contributed by atoms with E-state index in [0.29, 0.717) is 23.9 Å². The molecule has 6 rings (SSSR count). The number of ether oxygens (including phenoxy) is 1. The molecule has 8 nitrogen and oxygen atoms in total. The molecule has 1 saturated carbocycles.